The van der Waals surface area contributed by atoms with Gasteiger partial charge in [-0.05, 0) is 34.6 Å². The zero-order chi connectivity index (χ0) is 17.1. The molecule has 22 heavy (non-hydrogen) atoms. The summed E-state index contributed by atoms with van der Waals surface area (Å²) in [6, 6.07) is 0.398. The van der Waals surface area contributed by atoms with E-state index >= 15 is 0 Å². The van der Waals surface area contributed by atoms with E-state index in [9.17, 15) is 4.79 Å². The average molecular weight is 309 g/mol. The highest BCUT2D eigenvalue weighted by Gasteiger charge is 2.46. The van der Waals surface area contributed by atoms with Crippen LogP contribution in [0.4, 0.5) is 0 Å². The first-order valence-corrected chi connectivity index (χ1v) is 7.94. The summed E-state index contributed by atoms with van der Waals surface area (Å²) < 4.78 is 1.81. The molecule has 0 spiro atoms. The van der Waals surface area contributed by atoms with E-state index in [0.29, 0.717) is 19.1 Å². The van der Waals surface area contributed by atoms with Gasteiger partial charge in [-0.3, -0.25) is 4.79 Å². The Balaban J connectivity index is 3.00. The number of rotatable bonds is 7. The van der Waals surface area contributed by atoms with Gasteiger partial charge in [0.2, 0.25) is 5.91 Å². The average Bonchev–Trinajstić information content (AvgIpc) is 2.92. The predicted octanol–water partition coefficient (Wildman–Crippen LogP) is 2.02. The van der Waals surface area contributed by atoms with E-state index in [0.717, 1.165) is 5.69 Å². The van der Waals surface area contributed by atoms with Crippen LogP contribution in [0.2, 0.25) is 0 Å². The summed E-state index contributed by atoms with van der Waals surface area (Å²) >= 11 is 0. The largest absolute Gasteiger partial charge is 0.345 e. The van der Waals surface area contributed by atoms with Gasteiger partial charge in [-0.1, -0.05) is 19.1 Å². The molecule has 0 aliphatic carbocycles. The molecule has 0 aliphatic heterocycles. The van der Waals surface area contributed by atoms with Crippen LogP contribution < -0.4 is 5.32 Å². The van der Waals surface area contributed by atoms with Crippen molar-refractivity contribution in [2.75, 3.05) is 13.6 Å². The normalized spacial score (nSPS) is 12.8. The Morgan fingerprint density at radius 1 is 1.36 bits per heavy atom. The number of amides is 1. The van der Waals surface area contributed by atoms with Gasteiger partial charge in [-0.15, -0.1) is 5.10 Å². The quantitative estimate of drug-likeness (QED) is 0.837. The Morgan fingerprint density at radius 2 is 1.95 bits per heavy atom. The molecule has 0 aromatic carbocycles. The van der Waals surface area contributed by atoms with E-state index in [-0.39, 0.29) is 5.91 Å². The molecule has 1 amide bonds. The summed E-state index contributed by atoms with van der Waals surface area (Å²) in [6.45, 7) is 15.5. The summed E-state index contributed by atoms with van der Waals surface area (Å²) in [7, 11) is 1.83. The molecule has 126 valence electrons. The van der Waals surface area contributed by atoms with Crippen LogP contribution in [0.25, 0.3) is 0 Å². The van der Waals surface area contributed by atoms with E-state index in [1.54, 1.807) is 4.90 Å². The fourth-order valence-electron chi connectivity index (χ4n) is 2.13. The number of nitrogens with one attached hydrogen (secondary N) is 1. The molecule has 1 aromatic rings. The summed E-state index contributed by atoms with van der Waals surface area (Å²) in [5, 5.41) is 11.8. The molecule has 6 heteroatoms. The Bertz CT molecular complexity index is 504. The summed E-state index contributed by atoms with van der Waals surface area (Å²) in [4.78, 5) is 14.4. The van der Waals surface area contributed by atoms with Gasteiger partial charge in [0, 0.05) is 26.2 Å². The molecule has 0 atom stereocenters. The van der Waals surface area contributed by atoms with Gasteiger partial charge in [0.05, 0.1) is 22.8 Å². The molecule has 0 bridgehead atoms. The lowest BCUT2D eigenvalue weighted by atomic mass is 9.73. The second-order valence-corrected chi connectivity index (χ2v) is 7.19. The molecule has 0 aliphatic rings. The zero-order valence-electron chi connectivity index (χ0n) is 15.3. The molecule has 0 saturated heterocycles. The lowest BCUT2D eigenvalue weighted by Crippen LogP contribution is -2.52. The van der Waals surface area contributed by atoms with Crippen molar-refractivity contribution in [2.24, 2.45) is 5.41 Å². The van der Waals surface area contributed by atoms with Crippen molar-refractivity contribution < 1.29 is 4.79 Å². The van der Waals surface area contributed by atoms with Crippen LogP contribution in [-0.4, -0.2) is 45.4 Å². The molecule has 0 unspecified atom stereocenters. The maximum atomic E-state index is 12.7. The number of nitrogens with zero attached hydrogens (tertiary/aromatic N) is 4. The van der Waals surface area contributed by atoms with Crippen LogP contribution in [-0.2, 0) is 16.9 Å². The molecule has 0 fully saturated rings. The fraction of sp³-hybridized carbons (Fsp3) is 0.812. The molecule has 0 saturated carbocycles. The van der Waals surface area contributed by atoms with Crippen molar-refractivity contribution in [1.29, 1.82) is 0 Å². The summed E-state index contributed by atoms with van der Waals surface area (Å²) in [5.41, 5.74) is -0.181. The van der Waals surface area contributed by atoms with Gasteiger partial charge in [-0.25, -0.2) is 4.68 Å². The van der Waals surface area contributed by atoms with E-state index in [4.69, 9.17) is 0 Å². The molecule has 1 N–H and O–H groups in total. The van der Waals surface area contributed by atoms with E-state index in [1.165, 1.54) is 0 Å². The Kier molecular flexibility index (Phi) is 5.73. The smallest absolute Gasteiger partial charge is 0.230 e. The minimum Gasteiger partial charge on any atom is -0.345 e. The second-order valence-electron chi connectivity index (χ2n) is 7.19. The number of hydrogen-bond acceptors (Lipinski definition) is 4. The van der Waals surface area contributed by atoms with Crippen LogP contribution >= 0.6 is 0 Å². The maximum absolute atomic E-state index is 12.7. The fourth-order valence-corrected chi connectivity index (χ4v) is 2.13. The number of hydrogen-bond donors (Lipinski definition) is 1. The third-order valence-electron chi connectivity index (χ3n) is 4.69. The Labute approximate surface area is 134 Å². The van der Waals surface area contributed by atoms with Gasteiger partial charge < -0.3 is 10.2 Å². The molecular formula is C16H31N5O. The van der Waals surface area contributed by atoms with Gasteiger partial charge in [0.1, 0.15) is 0 Å². The van der Waals surface area contributed by atoms with Crippen molar-refractivity contribution in [3.05, 3.63) is 11.9 Å². The van der Waals surface area contributed by atoms with Crippen molar-refractivity contribution in [1.82, 2.24) is 25.2 Å². The minimum absolute atomic E-state index is 0.109. The van der Waals surface area contributed by atoms with Crippen molar-refractivity contribution >= 4 is 5.91 Å². The van der Waals surface area contributed by atoms with Crippen molar-refractivity contribution in [2.45, 2.75) is 66.6 Å². The Morgan fingerprint density at radius 3 is 2.45 bits per heavy atom. The Hall–Kier alpha value is -1.43. The molecule has 1 aromatic heterocycles. The SMILES string of the molecule is CCN(C)C(=O)C(C)(C)C(C)(C)n1cc(CNC(C)C)nn1. The lowest BCUT2D eigenvalue weighted by Gasteiger charge is -2.41. The van der Waals surface area contributed by atoms with Crippen LogP contribution in [0.1, 0.15) is 54.2 Å². The first kappa shape index (κ1) is 18.6. The highest BCUT2D eigenvalue weighted by molar-refractivity contribution is 5.82. The molecule has 0 radical (unpaired) electrons. The third-order valence-corrected chi connectivity index (χ3v) is 4.69. The first-order chi connectivity index (χ1) is 10.0. The van der Waals surface area contributed by atoms with E-state index < -0.39 is 11.0 Å². The first-order valence-electron chi connectivity index (χ1n) is 7.94. The highest BCUT2D eigenvalue weighted by atomic mass is 16.2. The van der Waals surface area contributed by atoms with Crippen molar-refractivity contribution in [3.8, 4) is 0 Å². The van der Waals surface area contributed by atoms with Gasteiger partial charge in [-0.2, -0.15) is 0 Å². The summed E-state index contributed by atoms with van der Waals surface area (Å²) in [5.74, 6) is 0.109. The monoisotopic (exact) mass is 309 g/mol. The zero-order valence-corrected chi connectivity index (χ0v) is 15.3. The third kappa shape index (κ3) is 3.66. The number of carbonyl (C=O) groups is 1. The van der Waals surface area contributed by atoms with Crippen LogP contribution in [0.5, 0.6) is 0 Å². The van der Waals surface area contributed by atoms with E-state index in [2.05, 4.69) is 29.5 Å². The maximum Gasteiger partial charge on any atom is 0.230 e. The molecule has 1 heterocycles. The van der Waals surface area contributed by atoms with Crippen molar-refractivity contribution in [3.63, 3.8) is 0 Å². The predicted molar refractivity (Wildman–Crippen MR) is 88.4 cm³/mol. The minimum atomic E-state index is -0.589. The van der Waals surface area contributed by atoms with E-state index in [1.807, 2.05) is 52.5 Å². The summed E-state index contributed by atoms with van der Waals surface area (Å²) in [6.07, 6.45) is 1.93. The van der Waals surface area contributed by atoms with Gasteiger partial charge in [0.25, 0.3) is 0 Å². The molecular weight excluding hydrogens is 278 g/mol. The second kappa shape index (κ2) is 6.77. The van der Waals surface area contributed by atoms with Crippen LogP contribution in [0, 0.1) is 5.41 Å². The van der Waals surface area contributed by atoms with Gasteiger partial charge >= 0.3 is 0 Å². The standard InChI is InChI=1S/C16H31N5O/c1-9-20(8)14(22)15(4,5)16(6,7)21-11-13(18-19-21)10-17-12(2)3/h11-12,17H,9-10H2,1-8H3. The lowest BCUT2D eigenvalue weighted by molar-refractivity contribution is -0.144. The molecule has 6 nitrogen and oxygen atoms in total. The van der Waals surface area contributed by atoms with Crippen LogP contribution in [0.3, 0.4) is 0 Å². The topological polar surface area (TPSA) is 63.1 Å². The van der Waals surface area contributed by atoms with Crippen LogP contribution in [0.15, 0.2) is 6.20 Å². The highest BCUT2D eigenvalue weighted by Crippen LogP contribution is 2.38. The molecule has 1 rings (SSSR count). The van der Waals surface area contributed by atoms with Gasteiger partial charge in [0.15, 0.2) is 0 Å². The number of carbonyl (C=O) groups excluding carboxylic acids is 1. The number of aromatic nitrogens is 3.